The van der Waals surface area contributed by atoms with Gasteiger partial charge in [-0.1, -0.05) is 23.7 Å². The minimum Gasteiger partial charge on any atom is -0.457 e. The molecule has 188 valence electrons. The second-order valence-corrected chi connectivity index (χ2v) is 7.91. The van der Waals surface area contributed by atoms with Crippen LogP contribution in [-0.2, 0) is 22.7 Å². The maximum Gasteiger partial charge on any atom is 0.344 e. The van der Waals surface area contributed by atoms with E-state index in [9.17, 15) is 19.3 Å². The number of pyridine rings is 1. The molecule has 2 aromatic heterocycles. The van der Waals surface area contributed by atoms with E-state index in [0.717, 1.165) is 0 Å². The van der Waals surface area contributed by atoms with Crippen LogP contribution in [0.5, 0.6) is 11.5 Å². The van der Waals surface area contributed by atoms with Gasteiger partial charge in [-0.25, -0.2) is 28.9 Å². The fourth-order valence-electron chi connectivity index (χ4n) is 3.22. The quantitative estimate of drug-likeness (QED) is 0.261. The van der Waals surface area contributed by atoms with Gasteiger partial charge in [0.15, 0.2) is 5.82 Å². The van der Waals surface area contributed by atoms with Gasteiger partial charge in [0, 0.05) is 17.3 Å². The summed E-state index contributed by atoms with van der Waals surface area (Å²) < 4.78 is 7.51. The average Bonchev–Trinajstić information content (AvgIpc) is 2.91. The number of nitrogens with two attached hydrogens (primary N) is 1. The Morgan fingerprint density at radius 2 is 1.76 bits per heavy atom. The number of benzene rings is 2. The molecule has 0 atom stereocenters. The van der Waals surface area contributed by atoms with Gasteiger partial charge in [-0.05, 0) is 53.2 Å². The minimum atomic E-state index is -0.976. The Bertz CT molecular complexity index is 1630. The Balaban J connectivity index is 1.72. The van der Waals surface area contributed by atoms with E-state index in [1.807, 2.05) is 0 Å². The zero-order valence-electron chi connectivity index (χ0n) is 18.9. The highest BCUT2D eigenvalue weighted by atomic mass is 35.5. The van der Waals surface area contributed by atoms with Crippen LogP contribution < -0.4 is 27.6 Å². The van der Waals surface area contributed by atoms with Crippen LogP contribution in [0, 0.1) is 4.91 Å². The lowest BCUT2D eigenvalue weighted by Gasteiger charge is -2.11. The number of halogens is 1. The first-order valence-corrected chi connectivity index (χ1v) is 10.9. The van der Waals surface area contributed by atoms with Gasteiger partial charge in [0.1, 0.15) is 18.0 Å². The Labute approximate surface area is 212 Å². The summed E-state index contributed by atoms with van der Waals surface area (Å²) in [4.78, 5) is 62.8. The normalized spacial score (nSPS) is 11.2. The molecule has 4 aromatic rings. The molecule has 4 rings (SSSR count). The van der Waals surface area contributed by atoms with Crippen LogP contribution in [0.1, 0.15) is 5.56 Å². The van der Waals surface area contributed by atoms with Gasteiger partial charge in [0.05, 0.1) is 12.2 Å². The van der Waals surface area contributed by atoms with Gasteiger partial charge >= 0.3 is 17.3 Å². The molecule has 2 heterocycles. The van der Waals surface area contributed by atoms with Gasteiger partial charge in [0.25, 0.3) is 0 Å². The van der Waals surface area contributed by atoms with Crippen LogP contribution in [0.4, 0.5) is 11.5 Å². The zero-order chi connectivity index (χ0) is 26.4. The number of aromatic nitrogens is 4. The van der Waals surface area contributed by atoms with Crippen LogP contribution in [0.2, 0.25) is 5.02 Å². The number of carbonyl (C=O) groups is 1. The predicted octanol–water partition coefficient (Wildman–Crippen LogP) is 2.27. The Kier molecular flexibility index (Phi) is 7.66. The molecular formula is C23H18ClN7O6. The van der Waals surface area contributed by atoms with Gasteiger partial charge < -0.3 is 9.57 Å². The Morgan fingerprint density at radius 3 is 2.43 bits per heavy atom. The van der Waals surface area contributed by atoms with Crippen molar-refractivity contribution in [1.82, 2.24) is 19.1 Å². The number of hydrogen-bond acceptors (Lipinski definition) is 10. The molecule has 2 aromatic carbocycles. The first kappa shape index (κ1) is 25.2. The van der Waals surface area contributed by atoms with E-state index in [1.165, 1.54) is 16.8 Å². The third kappa shape index (κ3) is 6.22. The lowest BCUT2D eigenvalue weighted by Crippen LogP contribution is -2.51. The molecular weight excluding hydrogens is 506 g/mol. The number of rotatable bonds is 8. The molecule has 3 N–H and O–H groups in total. The van der Waals surface area contributed by atoms with E-state index in [1.54, 1.807) is 54.6 Å². The van der Waals surface area contributed by atoms with Crippen LogP contribution in [0.3, 0.4) is 0 Å². The van der Waals surface area contributed by atoms with Crippen molar-refractivity contribution in [2.45, 2.75) is 13.1 Å². The molecule has 0 aliphatic rings. The molecule has 0 saturated heterocycles. The molecule has 37 heavy (non-hydrogen) atoms. The largest absolute Gasteiger partial charge is 0.457 e. The zero-order valence-corrected chi connectivity index (χ0v) is 19.7. The standard InChI is InChI=1S/C23H18ClN7O6/c24-15-3-1-14(2-4-15)12-30-21(28-22(33)31(23(30)34)13-20(32)37-25)27-16-5-7-17(8-6-16)36-18-9-10-26-19(11-18)29-35/h1-11H,12-13,25H2,(H,27,28,33). The Hall–Kier alpha value is -4.88. The van der Waals surface area contributed by atoms with Crippen LogP contribution in [0.25, 0.3) is 0 Å². The van der Waals surface area contributed by atoms with E-state index in [2.05, 4.69) is 25.0 Å². The van der Waals surface area contributed by atoms with Crippen LogP contribution >= 0.6 is 11.6 Å². The van der Waals surface area contributed by atoms with Crippen molar-refractivity contribution >= 4 is 29.1 Å². The minimum absolute atomic E-state index is 0.0135. The van der Waals surface area contributed by atoms with Crippen LogP contribution in [-0.4, -0.2) is 25.1 Å². The summed E-state index contributed by atoms with van der Waals surface area (Å²) in [5.41, 5.74) is -0.671. The number of nitrogens with zero attached hydrogens (tertiary/aromatic N) is 5. The molecule has 13 nitrogen and oxygen atoms in total. The van der Waals surface area contributed by atoms with Gasteiger partial charge in [-0.3, -0.25) is 9.55 Å². The second-order valence-electron chi connectivity index (χ2n) is 7.47. The molecule has 14 heteroatoms. The fourth-order valence-corrected chi connectivity index (χ4v) is 3.35. The summed E-state index contributed by atoms with van der Waals surface area (Å²) in [5, 5.41) is 3.27. The highest BCUT2D eigenvalue weighted by Crippen LogP contribution is 2.25. The fraction of sp³-hybridized carbons (Fsp3) is 0.0870. The third-order valence-electron chi connectivity index (χ3n) is 4.97. The second kappa shape index (κ2) is 11.2. The summed E-state index contributed by atoms with van der Waals surface area (Å²) >= 11 is 5.95. The smallest absolute Gasteiger partial charge is 0.344 e. The number of nitrogens with one attached hydrogen (secondary N) is 1. The molecule has 0 radical (unpaired) electrons. The van der Waals surface area contributed by atoms with Crippen molar-refractivity contribution in [1.29, 1.82) is 0 Å². The molecule has 0 unspecified atom stereocenters. The molecule has 0 amide bonds. The topological polar surface area (TPSA) is 176 Å². The SMILES string of the molecule is NOC(=O)Cn1c(=O)[nH]/c(=N\c2ccc(Oc3ccnc(N=O)c3)cc2)n(Cc2ccc(Cl)cc2)c1=O. The summed E-state index contributed by atoms with van der Waals surface area (Å²) in [6.45, 7) is -0.673. The van der Waals surface area contributed by atoms with Gasteiger partial charge in [-0.15, -0.1) is 4.91 Å². The van der Waals surface area contributed by atoms with Crippen molar-refractivity contribution in [3.63, 3.8) is 0 Å². The molecule has 0 fully saturated rings. The monoisotopic (exact) mass is 523 g/mol. The van der Waals surface area contributed by atoms with Crippen molar-refractivity contribution in [3.05, 3.63) is 109 Å². The summed E-state index contributed by atoms with van der Waals surface area (Å²) in [6, 6.07) is 16.1. The highest BCUT2D eigenvalue weighted by Gasteiger charge is 2.14. The number of nitroso groups, excluding NO2 is 1. The maximum atomic E-state index is 13.1. The van der Waals surface area contributed by atoms with E-state index in [-0.39, 0.29) is 18.0 Å². The van der Waals surface area contributed by atoms with Crippen molar-refractivity contribution in [2.24, 2.45) is 16.1 Å². The number of carbonyl (C=O) groups excluding carboxylic acids is 1. The number of ether oxygens (including phenoxy) is 1. The van der Waals surface area contributed by atoms with Crippen molar-refractivity contribution in [2.75, 3.05) is 0 Å². The van der Waals surface area contributed by atoms with Crippen LogP contribution in [0.15, 0.2) is 86.6 Å². The first-order valence-electron chi connectivity index (χ1n) is 10.6. The Morgan fingerprint density at radius 1 is 1.03 bits per heavy atom. The average molecular weight is 524 g/mol. The number of H-pyrrole nitrogens is 1. The van der Waals surface area contributed by atoms with E-state index < -0.39 is 23.9 Å². The molecule has 0 spiro atoms. The third-order valence-corrected chi connectivity index (χ3v) is 5.22. The maximum absolute atomic E-state index is 13.1. The van der Waals surface area contributed by atoms with Crippen molar-refractivity contribution in [3.8, 4) is 11.5 Å². The highest BCUT2D eigenvalue weighted by molar-refractivity contribution is 6.30. The van der Waals surface area contributed by atoms with E-state index in [4.69, 9.17) is 22.2 Å². The molecule has 0 aliphatic heterocycles. The summed E-state index contributed by atoms with van der Waals surface area (Å²) in [5.74, 6) is 4.65. The van der Waals surface area contributed by atoms with Gasteiger partial charge in [0.2, 0.25) is 5.62 Å². The summed E-state index contributed by atoms with van der Waals surface area (Å²) in [7, 11) is 0. The van der Waals surface area contributed by atoms with E-state index in [0.29, 0.717) is 32.3 Å². The van der Waals surface area contributed by atoms with E-state index >= 15 is 0 Å². The summed E-state index contributed by atoms with van der Waals surface area (Å²) in [6.07, 6.45) is 1.39. The lowest BCUT2D eigenvalue weighted by atomic mass is 10.2. The predicted molar refractivity (Wildman–Crippen MR) is 132 cm³/mol. The molecule has 0 saturated carbocycles. The molecule has 0 aliphatic carbocycles. The van der Waals surface area contributed by atoms with Crippen molar-refractivity contribution < 1.29 is 14.4 Å². The number of hydrogen-bond donors (Lipinski definition) is 2. The lowest BCUT2D eigenvalue weighted by molar-refractivity contribution is -0.145. The number of aromatic amines is 1. The molecule has 0 bridgehead atoms. The van der Waals surface area contributed by atoms with Gasteiger partial charge in [-0.2, -0.15) is 5.90 Å². The first-order chi connectivity index (χ1) is 17.9.